The summed E-state index contributed by atoms with van der Waals surface area (Å²) in [5, 5.41) is 5.40. The van der Waals surface area contributed by atoms with Gasteiger partial charge < -0.3 is 15.4 Å². The smallest absolute Gasteiger partial charge is 0.325 e. The minimum Gasteiger partial charge on any atom is -0.464 e. The Morgan fingerprint density at radius 3 is 2.39 bits per heavy atom. The maximum atomic E-state index is 12.0. The molecule has 0 radical (unpaired) electrons. The van der Waals surface area contributed by atoms with Crippen LogP contribution in [0.25, 0.3) is 0 Å². The molecule has 0 bridgehead atoms. The number of carbonyl (C=O) groups excluding carboxylic acids is 3. The Labute approximate surface area is 173 Å². The fourth-order valence-electron chi connectivity index (χ4n) is 2.32. The lowest BCUT2D eigenvalue weighted by Crippen LogP contribution is -2.39. The first kappa shape index (κ1) is 21.7. The minimum absolute atomic E-state index is 0.185. The molecule has 0 aliphatic carbocycles. The van der Waals surface area contributed by atoms with Crippen LogP contribution in [0.3, 0.4) is 0 Å². The highest BCUT2D eigenvalue weighted by molar-refractivity contribution is 6.36. The molecule has 2 amide bonds. The van der Waals surface area contributed by atoms with Gasteiger partial charge in [0.15, 0.2) is 0 Å². The molecule has 0 unspecified atom stereocenters. The fourth-order valence-corrected chi connectivity index (χ4v) is 2.81. The summed E-state index contributed by atoms with van der Waals surface area (Å²) in [6.45, 7) is -0.282. The lowest BCUT2D eigenvalue weighted by molar-refractivity contribution is -0.143. The molecule has 0 saturated heterocycles. The maximum absolute atomic E-state index is 12.0. The number of hydrogen-bond donors (Lipinski definition) is 2. The van der Waals surface area contributed by atoms with E-state index in [4.69, 9.17) is 27.9 Å². The average molecular weight is 423 g/mol. The Morgan fingerprint density at radius 2 is 1.68 bits per heavy atom. The number of esters is 1. The SMILES string of the molecule is O=C(CNC(=O)c1ccc(Cl)cc1Cl)NCC(=O)OCCCc1ccccc1. The number of benzene rings is 2. The van der Waals surface area contributed by atoms with Crippen molar-refractivity contribution in [3.8, 4) is 0 Å². The number of hydrogen-bond acceptors (Lipinski definition) is 4. The number of amides is 2. The first-order valence-electron chi connectivity index (χ1n) is 8.65. The van der Waals surface area contributed by atoms with E-state index in [1.165, 1.54) is 23.8 Å². The van der Waals surface area contributed by atoms with Gasteiger partial charge in [-0.05, 0) is 36.6 Å². The van der Waals surface area contributed by atoms with Crippen LogP contribution in [0.15, 0.2) is 48.5 Å². The quantitative estimate of drug-likeness (QED) is 0.480. The van der Waals surface area contributed by atoms with Gasteiger partial charge in [0, 0.05) is 5.02 Å². The van der Waals surface area contributed by atoms with E-state index in [2.05, 4.69) is 10.6 Å². The molecule has 0 saturated carbocycles. The van der Waals surface area contributed by atoms with Gasteiger partial charge in [0.1, 0.15) is 6.54 Å². The molecule has 0 heterocycles. The van der Waals surface area contributed by atoms with Crippen LogP contribution in [0.4, 0.5) is 0 Å². The van der Waals surface area contributed by atoms with Crippen molar-refractivity contribution in [1.29, 1.82) is 0 Å². The number of ether oxygens (including phenoxy) is 1. The van der Waals surface area contributed by atoms with Crippen LogP contribution in [-0.4, -0.2) is 37.5 Å². The third-order valence-corrected chi connectivity index (χ3v) is 4.28. The highest BCUT2D eigenvalue weighted by Crippen LogP contribution is 2.20. The van der Waals surface area contributed by atoms with E-state index < -0.39 is 17.8 Å². The summed E-state index contributed by atoms with van der Waals surface area (Å²) in [6, 6.07) is 14.3. The van der Waals surface area contributed by atoms with Crippen LogP contribution < -0.4 is 10.6 Å². The normalized spacial score (nSPS) is 10.2. The third kappa shape index (κ3) is 7.58. The Hall–Kier alpha value is -2.57. The second-order valence-corrected chi connectivity index (χ2v) is 6.74. The van der Waals surface area contributed by atoms with Gasteiger partial charge in [-0.25, -0.2) is 0 Å². The third-order valence-electron chi connectivity index (χ3n) is 3.73. The lowest BCUT2D eigenvalue weighted by Gasteiger charge is -2.08. The van der Waals surface area contributed by atoms with E-state index in [0.717, 1.165) is 6.42 Å². The standard InChI is InChI=1S/C20H20Cl2N2O4/c21-15-8-9-16(17(22)11-15)20(27)24-12-18(25)23-13-19(26)28-10-4-7-14-5-2-1-3-6-14/h1-3,5-6,8-9,11H,4,7,10,12-13H2,(H,23,25)(H,24,27). The molecule has 0 aromatic heterocycles. The van der Waals surface area contributed by atoms with Crippen molar-refractivity contribution < 1.29 is 19.1 Å². The van der Waals surface area contributed by atoms with Crippen LogP contribution in [0.1, 0.15) is 22.3 Å². The highest BCUT2D eigenvalue weighted by Gasteiger charge is 2.13. The van der Waals surface area contributed by atoms with E-state index in [-0.39, 0.29) is 30.3 Å². The second kappa shape index (κ2) is 11.3. The molecule has 2 aromatic rings. The van der Waals surface area contributed by atoms with E-state index in [9.17, 15) is 14.4 Å². The molecule has 0 atom stereocenters. The molecule has 6 nitrogen and oxygen atoms in total. The topological polar surface area (TPSA) is 84.5 Å². The van der Waals surface area contributed by atoms with E-state index in [1.54, 1.807) is 0 Å². The molecule has 2 rings (SSSR count). The molecule has 0 aliphatic rings. The van der Waals surface area contributed by atoms with Crippen molar-refractivity contribution in [2.45, 2.75) is 12.8 Å². The van der Waals surface area contributed by atoms with Crippen molar-refractivity contribution in [2.24, 2.45) is 0 Å². The van der Waals surface area contributed by atoms with Crippen LogP contribution in [-0.2, 0) is 20.7 Å². The first-order valence-corrected chi connectivity index (χ1v) is 9.41. The van der Waals surface area contributed by atoms with Crippen molar-refractivity contribution >= 4 is 41.0 Å². The summed E-state index contributed by atoms with van der Waals surface area (Å²) in [5.41, 5.74) is 1.38. The molecule has 8 heteroatoms. The summed E-state index contributed by atoms with van der Waals surface area (Å²) in [7, 11) is 0. The van der Waals surface area contributed by atoms with Gasteiger partial charge >= 0.3 is 5.97 Å². The molecule has 0 fully saturated rings. The molecule has 0 spiro atoms. The van der Waals surface area contributed by atoms with E-state index >= 15 is 0 Å². The Balaban J connectivity index is 1.61. The van der Waals surface area contributed by atoms with Crippen LogP contribution in [0.5, 0.6) is 0 Å². The fraction of sp³-hybridized carbons (Fsp3) is 0.250. The van der Waals surface area contributed by atoms with Gasteiger partial charge in [0.2, 0.25) is 5.91 Å². The zero-order valence-corrected chi connectivity index (χ0v) is 16.6. The Kier molecular flexibility index (Phi) is 8.78. The van der Waals surface area contributed by atoms with Crippen molar-refractivity contribution in [3.05, 3.63) is 69.7 Å². The Morgan fingerprint density at radius 1 is 0.929 bits per heavy atom. The summed E-state index contributed by atoms with van der Waals surface area (Å²) in [4.78, 5) is 35.4. The number of rotatable bonds is 9. The summed E-state index contributed by atoms with van der Waals surface area (Å²) < 4.78 is 5.07. The van der Waals surface area contributed by atoms with Gasteiger partial charge in [-0.1, -0.05) is 53.5 Å². The minimum atomic E-state index is -0.534. The van der Waals surface area contributed by atoms with Crippen LogP contribution in [0.2, 0.25) is 10.0 Å². The van der Waals surface area contributed by atoms with Gasteiger partial charge in [-0.15, -0.1) is 0 Å². The number of aryl methyl sites for hydroxylation is 1. The number of halogens is 2. The molecule has 28 heavy (non-hydrogen) atoms. The number of carbonyl (C=O) groups is 3. The Bertz CT molecular complexity index is 828. The highest BCUT2D eigenvalue weighted by atomic mass is 35.5. The zero-order valence-electron chi connectivity index (χ0n) is 15.0. The summed E-state index contributed by atoms with van der Waals surface area (Å²) in [6.07, 6.45) is 1.50. The monoisotopic (exact) mass is 422 g/mol. The van der Waals surface area contributed by atoms with Crippen molar-refractivity contribution in [3.63, 3.8) is 0 Å². The molecule has 148 valence electrons. The number of nitrogens with one attached hydrogen (secondary N) is 2. The van der Waals surface area contributed by atoms with E-state index in [0.29, 0.717) is 11.4 Å². The molecular weight excluding hydrogens is 403 g/mol. The predicted octanol–water partition coefficient (Wildman–Crippen LogP) is 3.02. The van der Waals surface area contributed by atoms with Gasteiger partial charge in [0.25, 0.3) is 5.91 Å². The molecular formula is C20H20Cl2N2O4. The molecule has 2 aromatic carbocycles. The van der Waals surface area contributed by atoms with E-state index in [1.807, 2.05) is 30.3 Å². The van der Waals surface area contributed by atoms with Crippen molar-refractivity contribution in [2.75, 3.05) is 19.7 Å². The summed E-state index contributed by atoms with van der Waals surface area (Å²) in [5.74, 6) is -1.56. The second-order valence-electron chi connectivity index (χ2n) is 5.89. The first-order chi connectivity index (χ1) is 13.5. The van der Waals surface area contributed by atoms with Gasteiger partial charge in [0.05, 0.1) is 23.7 Å². The molecule has 2 N–H and O–H groups in total. The lowest BCUT2D eigenvalue weighted by atomic mass is 10.1. The van der Waals surface area contributed by atoms with Gasteiger partial charge in [-0.2, -0.15) is 0 Å². The average Bonchev–Trinajstić information content (AvgIpc) is 2.68. The summed E-state index contributed by atoms with van der Waals surface area (Å²) >= 11 is 11.7. The van der Waals surface area contributed by atoms with Gasteiger partial charge in [-0.3, -0.25) is 14.4 Å². The molecule has 0 aliphatic heterocycles. The largest absolute Gasteiger partial charge is 0.464 e. The maximum Gasteiger partial charge on any atom is 0.325 e. The van der Waals surface area contributed by atoms with Crippen molar-refractivity contribution in [1.82, 2.24) is 10.6 Å². The predicted molar refractivity (Wildman–Crippen MR) is 108 cm³/mol. The zero-order chi connectivity index (χ0) is 20.4. The van der Waals surface area contributed by atoms with Crippen LogP contribution in [0, 0.1) is 0 Å². The van der Waals surface area contributed by atoms with Crippen LogP contribution >= 0.6 is 23.2 Å².